The van der Waals surface area contributed by atoms with Crippen LogP contribution in [0.5, 0.6) is 0 Å². The summed E-state index contributed by atoms with van der Waals surface area (Å²) in [5.74, 6) is -3.24. The zero-order chi connectivity index (χ0) is 12.8. The van der Waals surface area contributed by atoms with Gasteiger partial charge in [0.2, 0.25) is 0 Å². The van der Waals surface area contributed by atoms with Gasteiger partial charge in [-0.05, 0) is 6.92 Å². The molecule has 1 aromatic rings. The maximum atomic E-state index is 11.0. The first-order chi connectivity index (χ1) is 8.10. The molecule has 0 radical (unpaired) electrons. The Kier molecular flexibility index (Phi) is 7.73. The third-order valence-corrected chi connectivity index (χ3v) is 2.08. The molecule has 0 saturated heterocycles. The number of H-pyrrole nitrogens is 1. The van der Waals surface area contributed by atoms with Gasteiger partial charge in [-0.1, -0.05) is 0 Å². The molecule has 1 N–H and O–H groups in total. The summed E-state index contributed by atoms with van der Waals surface area (Å²) in [6, 6.07) is 1.81. The second-order valence-corrected chi connectivity index (χ2v) is 3.26. The maximum absolute atomic E-state index is 11.0. The first kappa shape index (κ1) is 17.0. The third-order valence-electron chi connectivity index (χ3n) is 2.08. The van der Waals surface area contributed by atoms with Crippen molar-refractivity contribution in [2.24, 2.45) is 5.92 Å². The van der Waals surface area contributed by atoms with Crippen LogP contribution >= 0.6 is 0 Å². The van der Waals surface area contributed by atoms with E-state index in [0.717, 1.165) is 0 Å². The monoisotopic (exact) mass is 262 g/mol. The van der Waals surface area contributed by atoms with Gasteiger partial charge in [0.05, 0.1) is 37.6 Å². The van der Waals surface area contributed by atoms with E-state index < -0.39 is 17.8 Å². The summed E-state index contributed by atoms with van der Waals surface area (Å²) in [6.07, 6.45) is 0. The van der Waals surface area contributed by atoms with Crippen LogP contribution in [0.25, 0.3) is 0 Å². The normalized spacial score (nSPS) is 13.2. The fourth-order valence-corrected chi connectivity index (χ4v) is 1.30. The van der Waals surface area contributed by atoms with Crippen LogP contribution in [-0.4, -0.2) is 34.9 Å². The number of aromatic amines is 1. The number of nitrogens with one attached hydrogen (secondary N) is 1. The quantitative estimate of drug-likeness (QED) is 0.312. The molecule has 0 fully saturated rings. The van der Waals surface area contributed by atoms with Crippen LogP contribution in [0.15, 0.2) is 0 Å². The van der Waals surface area contributed by atoms with Gasteiger partial charge in [0.15, 0.2) is 5.82 Å². The van der Waals surface area contributed by atoms with Crippen molar-refractivity contribution in [3.8, 4) is 6.07 Å². The number of hydrogen-bond acceptors (Lipinski definition) is 7. The van der Waals surface area contributed by atoms with Crippen molar-refractivity contribution in [1.82, 2.24) is 15.2 Å². The molecule has 0 saturated carbocycles. The Balaban J connectivity index is 0.00000289. The topological polar surface area (TPSA) is 124 Å². The van der Waals surface area contributed by atoms with Crippen molar-refractivity contribution in [2.75, 3.05) is 13.7 Å². The minimum Gasteiger partial charge on any atom is -0.549 e. The van der Waals surface area contributed by atoms with Crippen molar-refractivity contribution >= 4 is 5.97 Å². The van der Waals surface area contributed by atoms with Crippen molar-refractivity contribution < 1.29 is 49.2 Å². The van der Waals surface area contributed by atoms with Crippen molar-refractivity contribution in [3.05, 3.63) is 11.6 Å². The number of nitriles is 1. The van der Waals surface area contributed by atoms with Gasteiger partial charge in [0, 0.05) is 0 Å². The number of aryl methyl sites for hydroxylation is 1. The zero-order valence-electron chi connectivity index (χ0n) is 10.3. The van der Waals surface area contributed by atoms with Crippen molar-refractivity contribution in [1.29, 1.82) is 5.26 Å². The Hall–Kier alpha value is -0.980. The van der Waals surface area contributed by atoms with Gasteiger partial charge >= 0.3 is 29.6 Å². The standard InChI is InChI=1S/C9H12N4O4.Na/c1-5-11-8(13-12-5)7(9(14)15)6(3-10)4-17-16-2;/h6-7H,4H2,1-2H3,(H,14,15)(H,11,12,13);/q;+1/p-1. The van der Waals surface area contributed by atoms with Crippen LogP contribution in [0, 0.1) is 24.2 Å². The summed E-state index contributed by atoms with van der Waals surface area (Å²) in [6.45, 7) is 1.41. The molecule has 2 atom stereocenters. The van der Waals surface area contributed by atoms with Gasteiger partial charge in [0.25, 0.3) is 0 Å². The molecule has 9 heteroatoms. The van der Waals surface area contributed by atoms with Gasteiger partial charge in [-0.25, -0.2) is 14.8 Å². The maximum Gasteiger partial charge on any atom is 1.00 e. The van der Waals surface area contributed by atoms with E-state index in [1.165, 1.54) is 7.11 Å². The van der Waals surface area contributed by atoms with Crippen LogP contribution in [-0.2, 0) is 14.6 Å². The van der Waals surface area contributed by atoms with Gasteiger partial charge in [-0.3, -0.25) is 5.10 Å². The Morgan fingerprint density at radius 1 is 1.67 bits per heavy atom. The molecule has 0 aliphatic carbocycles. The van der Waals surface area contributed by atoms with E-state index in [9.17, 15) is 9.90 Å². The predicted octanol–water partition coefficient (Wildman–Crippen LogP) is -4.33. The SMILES string of the molecule is COOCC(C#N)C(C(=O)[O-])c1n[nH]c(C)n1.[Na+]. The smallest absolute Gasteiger partial charge is 0.549 e. The molecule has 8 nitrogen and oxygen atoms in total. The Labute approximate surface area is 126 Å². The fraction of sp³-hybridized carbons (Fsp3) is 0.556. The van der Waals surface area contributed by atoms with Gasteiger partial charge in [0.1, 0.15) is 5.82 Å². The van der Waals surface area contributed by atoms with E-state index in [1.54, 1.807) is 13.0 Å². The van der Waals surface area contributed by atoms with Crippen molar-refractivity contribution in [3.63, 3.8) is 0 Å². The molecule has 0 amide bonds. The summed E-state index contributed by atoms with van der Waals surface area (Å²) < 4.78 is 0. The van der Waals surface area contributed by atoms with E-state index in [0.29, 0.717) is 5.82 Å². The average molecular weight is 262 g/mol. The first-order valence-electron chi connectivity index (χ1n) is 4.75. The molecule has 0 bridgehead atoms. The fourth-order valence-electron chi connectivity index (χ4n) is 1.30. The van der Waals surface area contributed by atoms with Crippen LogP contribution in [0.4, 0.5) is 0 Å². The molecule has 2 unspecified atom stereocenters. The van der Waals surface area contributed by atoms with E-state index in [2.05, 4.69) is 25.0 Å². The predicted molar refractivity (Wildman–Crippen MR) is 50.9 cm³/mol. The summed E-state index contributed by atoms with van der Waals surface area (Å²) >= 11 is 0. The van der Waals surface area contributed by atoms with Crippen LogP contribution in [0.1, 0.15) is 17.6 Å². The van der Waals surface area contributed by atoms with Gasteiger partial charge in [-0.2, -0.15) is 10.4 Å². The minimum absolute atomic E-state index is 0. The van der Waals surface area contributed by atoms with Crippen LogP contribution < -0.4 is 34.7 Å². The molecule has 0 aliphatic heterocycles. The summed E-state index contributed by atoms with van der Waals surface area (Å²) in [7, 11) is 1.26. The second-order valence-electron chi connectivity index (χ2n) is 3.26. The number of nitrogens with zero attached hydrogens (tertiary/aromatic N) is 3. The number of carboxylic acid groups (broad SMARTS) is 1. The second kappa shape index (κ2) is 8.18. The van der Waals surface area contributed by atoms with Crippen LogP contribution in [0.3, 0.4) is 0 Å². The van der Waals surface area contributed by atoms with Gasteiger partial charge in [-0.15, -0.1) is 0 Å². The van der Waals surface area contributed by atoms with Gasteiger partial charge < -0.3 is 9.90 Å². The van der Waals surface area contributed by atoms with Crippen molar-refractivity contribution in [2.45, 2.75) is 12.8 Å². The Morgan fingerprint density at radius 2 is 2.33 bits per heavy atom. The third kappa shape index (κ3) is 4.36. The average Bonchev–Trinajstić information content (AvgIpc) is 2.69. The van der Waals surface area contributed by atoms with Crippen LogP contribution in [0.2, 0.25) is 0 Å². The summed E-state index contributed by atoms with van der Waals surface area (Å²) in [4.78, 5) is 23.8. The Morgan fingerprint density at radius 3 is 2.72 bits per heavy atom. The van der Waals surface area contributed by atoms with E-state index in [1.807, 2.05) is 0 Å². The van der Waals surface area contributed by atoms with E-state index >= 15 is 0 Å². The molecule has 0 aliphatic rings. The summed E-state index contributed by atoms with van der Waals surface area (Å²) in [5.41, 5.74) is 0. The molecule has 1 rings (SSSR count). The van der Waals surface area contributed by atoms with E-state index in [-0.39, 0.29) is 42.0 Å². The molecule has 18 heavy (non-hydrogen) atoms. The Bertz CT molecular complexity index is 430. The molecular weight excluding hydrogens is 251 g/mol. The molecule has 1 aromatic heterocycles. The number of carbonyl (C=O) groups excluding carboxylic acids is 1. The number of aromatic nitrogens is 3. The number of aliphatic carboxylic acids is 1. The molecule has 0 aromatic carbocycles. The first-order valence-corrected chi connectivity index (χ1v) is 4.75. The molecule has 1 heterocycles. The number of carboxylic acids is 1. The number of carbonyl (C=O) groups is 1. The summed E-state index contributed by atoms with van der Waals surface area (Å²) in [5, 5.41) is 26.1. The largest absolute Gasteiger partial charge is 1.00 e. The molecule has 0 spiro atoms. The molecule has 92 valence electrons. The molecular formula is C9H11N4NaO4. The number of hydrogen-bond donors (Lipinski definition) is 1. The number of rotatable bonds is 6. The minimum atomic E-state index is -1.43. The van der Waals surface area contributed by atoms with E-state index in [4.69, 9.17) is 5.26 Å². The zero-order valence-corrected chi connectivity index (χ0v) is 12.3.